The number of carbonyl (C=O) groups excluding carboxylic acids is 1. The molecular weight excluding hydrogens is 426 g/mol. The minimum Gasteiger partial charge on any atom is -0.324 e. The zero-order valence-electron chi connectivity index (χ0n) is 16.4. The van der Waals surface area contributed by atoms with Gasteiger partial charge in [-0.2, -0.15) is 0 Å². The SMILES string of the molecule is Cc1cccc(C(C)C)c1NC(=O)Cn1c(Br)nc2c(=O)n(C)c(=O)n(C)c21. The second-order valence-corrected chi connectivity index (χ2v) is 7.80. The van der Waals surface area contributed by atoms with E-state index < -0.39 is 11.2 Å². The van der Waals surface area contributed by atoms with Crippen molar-refractivity contribution >= 4 is 38.7 Å². The number of benzene rings is 1. The van der Waals surface area contributed by atoms with E-state index in [4.69, 9.17) is 0 Å². The zero-order chi connectivity index (χ0) is 20.7. The maximum absolute atomic E-state index is 12.8. The molecule has 0 unspecified atom stereocenters. The lowest BCUT2D eigenvalue weighted by Crippen LogP contribution is -2.37. The lowest BCUT2D eigenvalue weighted by molar-refractivity contribution is -0.116. The Morgan fingerprint density at radius 2 is 1.89 bits per heavy atom. The van der Waals surface area contributed by atoms with Gasteiger partial charge in [-0.25, -0.2) is 9.78 Å². The lowest BCUT2D eigenvalue weighted by Gasteiger charge is -2.17. The van der Waals surface area contributed by atoms with Gasteiger partial charge in [-0.1, -0.05) is 32.0 Å². The molecular formula is C19H22BrN5O3. The van der Waals surface area contributed by atoms with E-state index in [0.717, 1.165) is 21.4 Å². The number of rotatable bonds is 4. The van der Waals surface area contributed by atoms with Crippen molar-refractivity contribution < 1.29 is 4.79 Å². The summed E-state index contributed by atoms with van der Waals surface area (Å²) in [6, 6.07) is 5.90. The third-order valence-corrected chi connectivity index (χ3v) is 5.39. The molecule has 1 amide bonds. The van der Waals surface area contributed by atoms with Crippen LogP contribution in [0.4, 0.5) is 5.69 Å². The Labute approximate surface area is 169 Å². The van der Waals surface area contributed by atoms with Crippen molar-refractivity contribution in [1.82, 2.24) is 18.7 Å². The first kappa shape index (κ1) is 20.1. The van der Waals surface area contributed by atoms with Crippen molar-refractivity contribution in [1.29, 1.82) is 0 Å². The molecule has 3 aromatic rings. The van der Waals surface area contributed by atoms with E-state index in [0.29, 0.717) is 10.4 Å². The van der Waals surface area contributed by atoms with Crippen LogP contribution in [0.15, 0.2) is 32.5 Å². The Hall–Kier alpha value is -2.68. The third-order valence-electron chi connectivity index (χ3n) is 4.79. The van der Waals surface area contributed by atoms with Crippen LogP contribution in [0.2, 0.25) is 0 Å². The Kier molecular flexibility index (Phi) is 5.29. The van der Waals surface area contributed by atoms with Crippen LogP contribution in [0.1, 0.15) is 30.9 Å². The number of para-hydroxylation sites is 1. The van der Waals surface area contributed by atoms with E-state index in [1.54, 1.807) is 7.05 Å². The number of nitrogens with one attached hydrogen (secondary N) is 1. The van der Waals surface area contributed by atoms with Crippen LogP contribution in [0.25, 0.3) is 11.2 Å². The fourth-order valence-corrected chi connectivity index (χ4v) is 3.74. The van der Waals surface area contributed by atoms with Crippen LogP contribution in [0.3, 0.4) is 0 Å². The number of aryl methyl sites for hydroxylation is 2. The molecule has 0 aliphatic heterocycles. The van der Waals surface area contributed by atoms with Crippen molar-refractivity contribution in [2.75, 3.05) is 5.32 Å². The number of hydrogen-bond donors (Lipinski definition) is 1. The van der Waals surface area contributed by atoms with Gasteiger partial charge in [-0.3, -0.25) is 23.3 Å². The van der Waals surface area contributed by atoms with Crippen molar-refractivity contribution in [2.45, 2.75) is 33.2 Å². The molecule has 0 saturated heterocycles. The van der Waals surface area contributed by atoms with Crippen molar-refractivity contribution in [3.63, 3.8) is 0 Å². The first-order valence-electron chi connectivity index (χ1n) is 8.84. The standard InChI is InChI=1S/C19H22BrN5O3/c1-10(2)12-8-6-7-11(3)14(12)21-13(26)9-25-16-15(22-18(25)20)17(27)24(5)19(28)23(16)4/h6-8,10H,9H2,1-5H3,(H,21,26). The normalized spacial score (nSPS) is 11.4. The number of nitrogens with zero attached hydrogens (tertiary/aromatic N) is 4. The van der Waals surface area contributed by atoms with Crippen LogP contribution in [-0.4, -0.2) is 24.6 Å². The fourth-order valence-electron chi connectivity index (χ4n) is 3.27. The molecule has 0 atom stereocenters. The third kappa shape index (κ3) is 3.30. The highest BCUT2D eigenvalue weighted by molar-refractivity contribution is 9.10. The predicted octanol–water partition coefficient (Wildman–Crippen LogP) is 2.27. The van der Waals surface area contributed by atoms with Gasteiger partial charge < -0.3 is 5.32 Å². The van der Waals surface area contributed by atoms with Crippen LogP contribution in [0.5, 0.6) is 0 Å². The van der Waals surface area contributed by atoms with Gasteiger partial charge in [0.15, 0.2) is 15.9 Å². The van der Waals surface area contributed by atoms with Crippen molar-refractivity contribution in [2.24, 2.45) is 14.1 Å². The molecule has 9 heteroatoms. The molecule has 0 radical (unpaired) electrons. The largest absolute Gasteiger partial charge is 0.332 e. The molecule has 28 heavy (non-hydrogen) atoms. The lowest BCUT2D eigenvalue weighted by atomic mass is 9.98. The quantitative estimate of drug-likeness (QED) is 0.620. The van der Waals surface area contributed by atoms with Crippen LogP contribution >= 0.6 is 15.9 Å². The van der Waals surface area contributed by atoms with Crippen LogP contribution < -0.4 is 16.6 Å². The van der Waals surface area contributed by atoms with E-state index in [-0.39, 0.29) is 23.9 Å². The number of anilines is 1. The number of fused-ring (bicyclic) bond motifs is 1. The summed E-state index contributed by atoms with van der Waals surface area (Å²) in [5.41, 5.74) is 2.24. The number of hydrogen-bond acceptors (Lipinski definition) is 4. The summed E-state index contributed by atoms with van der Waals surface area (Å²) in [5, 5.41) is 2.97. The first-order chi connectivity index (χ1) is 13.1. The van der Waals surface area contributed by atoms with Crippen LogP contribution in [0, 0.1) is 6.92 Å². The number of imidazole rings is 1. The van der Waals surface area contributed by atoms with E-state index >= 15 is 0 Å². The first-order valence-corrected chi connectivity index (χ1v) is 9.63. The maximum Gasteiger partial charge on any atom is 0.332 e. The molecule has 0 saturated carbocycles. The molecule has 8 nitrogen and oxygen atoms in total. The molecule has 3 rings (SSSR count). The topological polar surface area (TPSA) is 90.9 Å². The van der Waals surface area contributed by atoms with Crippen LogP contribution in [-0.2, 0) is 25.4 Å². The summed E-state index contributed by atoms with van der Waals surface area (Å²) in [4.78, 5) is 41.6. The highest BCUT2D eigenvalue weighted by Crippen LogP contribution is 2.27. The second kappa shape index (κ2) is 7.38. The average Bonchev–Trinajstić information content (AvgIpc) is 2.96. The summed E-state index contributed by atoms with van der Waals surface area (Å²) in [7, 11) is 2.94. The molecule has 0 spiro atoms. The number of amides is 1. The van der Waals surface area contributed by atoms with Gasteiger partial charge in [0.25, 0.3) is 5.56 Å². The molecule has 0 fully saturated rings. The summed E-state index contributed by atoms with van der Waals surface area (Å²) in [6.07, 6.45) is 0. The molecule has 2 aromatic heterocycles. The Balaban J connectivity index is 2.03. The van der Waals surface area contributed by atoms with Gasteiger partial charge >= 0.3 is 5.69 Å². The zero-order valence-corrected chi connectivity index (χ0v) is 18.0. The molecule has 1 aromatic carbocycles. The monoisotopic (exact) mass is 447 g/mol. The summed E-state index contributed by atoms with van der Waals surface area (Å²) in [5.74, 6) is -0.0239. The van der Waals surface area contributed by atoms with E-state index in [1.165, 1.54) is 16.2 Å². The molecule has 0 bridgehead atoms. The Morgan fingerprint density at radius 1 is 1.21 bits per heavy atom. The van der Waals surface area contributed by atoms with Gasteiger partial charge in [0.1, 0.15) is 6.54 Å². The van der Waals surface area contributed by atoms with Crippen molar-refractivity contribution in [3.05, 3.63) is 54.9 Å². The van der Waals surface area contributed by atoms with Gasteiger partial charge in [0.05, 0.1) is 0 Å². The predicted molar refractivity (Wildman–Crippen MR) is 112 cm³/mol. The second-order valence-electron chi connectivity index (χ2n) is 7.09. The van der Waals surface area contributed by atoms with E-state index in [1.807, 2.05) is 25.1 Å². The molecule has 0 aliphatic rings. The van der Waals surface area contributed by atoms with E-state index in [2.05, 4.69) is 40.1 Å². The maximum atomic E-state index is 12.8. The van der Waals surface area contributed by atoms with E-state index in [9.17, 15) is 14.4 Å². The highest BCUT2D eigenvalue weighted by Gasteiger charge is 2.20. The summed E-state index contributed by atoms with van der Waals surface area (Å²) in [6.45, 7) is 5.98. The minimum atomic E-state index is -0.501. The highest BCUT2D eigenvalue weighted by atomic mass is 79.9. The minimum absolute atomic E-state index is 0.0938. The number of halogens is 1. The van der Waals surface area contributed by atoms with Gasteiger partial charge in [-0.05, 0) is 39.9 Å². The Bertz CT molecular complexity index is 1200. The van der Waals surface area contributed by atoms with Gasteiger partial charge in [0.2, 0.25) is 5.91 Å². The molecule has 2 heterocycles. The molecule has 1 N–H and O–H groups in total. The smallest absolute Gasteiger partial charge is 0.324 e. The number of aromatic nitrogens is 4. The van der Waals surface area contributed by atoms with Gasteiger partial charge in [-0.15, -0.1) is 0 Å². The number of carbonyl (C=O) groups is 1. The van der Waals surface area contributed by atoms with Gasteiger partial charge in [0, 0.05) is 19.8 Å². The average molecular weight is 448 g/mol. The summed E-state index contributed by atoms with van der Waals surface area (Å²) < 4.78 is 4.13. The fraction of sp³-hybridized carbons (Fsp3) is 0.368. The molecule has 148 valence electrons. The van der Waals surface area contributed by atoms with Crippen molar-refractivity contribution in [3.8, 4) is 0 Å². The Morgan fingerprint density at radius 3 is 2.54 bits per heavy atom. The summed E-state index contributed by atoms with van der Waals surface area (Å²) >= 11 is 3.30. The molecule has 0 aliphatic carbocycles.